The molecular formula is C18H23NO2. The Morgan fingerprint density at radius 2 is 1.67 bits per heavy atom. The van der Waals surface area contributed by atoms with Gasteiger partial charge < -0.3 is 15.2 Å². The van der Waals surface area contributed by atoms with Crippen molar-refractivity contribution in [2.75, 3.05) is 6.61 Å². The second-order valence-corrected chi connectivity index (χ2v) is 5.32. The molecular weight excluding hydrogens is 262 g/mol. The zero-order valence-electron chi connectivity index (χ0n) is 12.6. The van der Waals surface area contributed by atoms with Gasteiger partial charge in [0.2, 0.25) is 0 Å². The first-order chi connectivity index (χ1) is 10.2. The number of ether oxygens (including phenoxy) is 1. The van der Waals surface area contributed by atoms with E-state index in [2.05, 4.69) is 36.5 Å². The SMILES string of the molecule is CC(CO)NC(C)c1ccc(OCc2ccccc2)cc1. The van der Waals surface area contributed by atoms with Gasteiger partial charge in [-0.1, -0.05) is 42.5 Å². The molecule has 2 atom stereocenters. The van der Waals surface area contributed by atoms with Gasteiger partial charge in [0, 0.05) is 12.1 Å². The van der Waals surface area contributed by atoms with Gasteiger partial charge in [0.25, 0.3) is 0 Å². The van der Waals surface area contributed by atoms with Gasteiger partial charge in [0.05, 0.1) is 6.61 Å². The molecule has 21 heavy (non-hydrogen) atoms. The summed E-state index contributed by atoms with van der Waals surface area (Å²) < 4.78 is 5.77. The highest BCUT2D eigenvalue weighted by Crippen LogP contribution is 2.19. The monoisotopic (exact) mass is 285 g/mol. The first-order valence-corrected chi connectivity index (χ1v) is 7.32. The van der Waals surface area contributed by atoms with Crippen LogP contribution in [0.3, 0.4) is 0 Å². The Kier molecular flexibility index (Phi) is 5.78. The van der Waals surface area contributed by atoms with E-state index in [1.54, 1.807) is 0 Å². The zero-order valence-corrected chi connectivity index (χ0v) is 12.6. The summed E-state index contributed by atoms with van der Waals surface area (Å²) in [5, 5.41) is 12.4. The third-order valence-corrected chi connectivity index (χ3v) is 3.44. The van der Waals surface area contributed by atoms with Crippen LogP contribution < -0.4 is 10.1 Å². The van der Waals surface area contributed by atoms with Crippen molar-refractivity contribution in [1.29, 1.82) is 0 Å². The average Bonchev–Trinajstić information content (AvgIpc) is 2.54. The molecule has 0 aliphatic heterocycles. The van der Waals surface area contributed by atoms with Gasteiger partial charge in [-0.25, -0.2) is 0 Å². The Bertz CT molecular complexity index is 525. The van der Waals surface area contributed by atoms with E-state index in [0.29, 0.717) is 6.61 Å². The van der Waals surface area contributed by atoms with Crippen molar-refractivity contribution < 1.29 is 9.84 Å². The van der Waals surface area contributed by atoms with Gasteiger partial charge >= 0.3 is 0 Å². The lowest BCUT2D eigenvalue weighted by molar-refractivity contribution is 0.243. The molecule has 0 amide bonds. The van der Waals surface area contributed by atoms with Gasteiger partial charge in [0.1, 0.15) is 12.4 Å². The molecule has 0 spiro atoms. The summed E-state index contributed by atoms with van der Waals surface area (Å²) in [6.07, 6.45) is 0. The van der Waals surface area contributed by atoms with Crippen molar-refractivity contribution >= 4 is 0 Å². The summed E-state index contributed by atoms with van der Waals surface area (Å²) in [5.74, 6) is 0.866. The number of aliphatic hydroxyl groups excluding tert-OH is 1. The summed E-state index contributed by atoms with van der Waals surface area (Å²) in [6, 6.07) is 18.5. The summed E-state index contributed by atoms with van der Waals surface area (Å²) in [4.78, 5) is 0. The zero-order chi connectivity index (χ0) is 15.1. The van der Waals surface area contributed by atoms with Crippen molar-refractivity contribution in [3.05, 3.63) is 65.7 Å². The highest BCUT2D eigenvalue weighted by atomic mass is 16.5. The third kappa shape index (κ3) is 4.88. The lowest BCUT2D eigenvalue weighted by atomic mass is 10.1. The number of hydrogen-bond acceptors (Lipinski definition) is 3. The van der Waals surface area contributed by atoms with E-state index >= 15 is 0 Å². The minimum absolute atomic E-state index is 0.0917. The standard InChI is InChI=1S/C18H23NO2/c1-14(12-20)19-15(2)17-8-10-18(11-9-17)21-13-16-6-4-3-5-7-16/h3-11,14-15,19-20H,12-13H2,1-2H3. The van der Waals surface area contributed by atoms with Crippen LogP contribution in [0.5, 0.6) is 5.75 Å². The van der Waals surface area contributed by atoms with Gasteiger partial charge in [-0.3, -0.25) is 0 Å². The van der Waals surface area contributed by atoms with Crippen molar-refractivity contribution in [3.8, 4) is 5.75 Å². The molecule has 0 aliphatic carbocycles. The Hall–Kier alpha value is -1.84. The van der Waals surface area contributed by atoms with Crippen molar-refractivity contribution in [2.45, 2.75) is 32.5 Å². The number of rotatable bonds is 7. The van der Waals surface area contributed by atoms with Crippen molar-refractivity contribution in [3.63, 3.8) is 0 Å². The highest BCUT2D eigenvalue weighted by Gasteiger charge is 2.08. The maximum absolute atomic E-state index is 9.07. The highest BCUT2D eigenvalue weighted by molar-refractivity contribution is 5.29. The number of hydrogen-bond donors (Lipinski definition) is 2. The molecule has 0 aliphatic rings. The summed E-state index contributed by atoms with van der Waals surface area (Å²) in [6.45, 7) is 4.78. The molecule has 112 valence electrons. The third-order valence-electron chi connectivity index (χ3n) is 3.44. The maximum Gasteiger partial charge on any atom is 0.119 e. The minimum Gasteiger partial charge on any atom is -0.489 e. The second-order valence-electron chi connectivity index (χ2n) is 5.32. The Labute approximate surface area is 126 Å². The predicted molar refractivity (Wildman–Crippen MR) is 85.3 cm³/mol. The molecule has 3 heteroatoms. The van der Waals surface area contributed by atoms with Gasteiger partial charge in [-0.15, -0.1) is 0 Å². The van der Waals surface area contributed by atoms with Crippen LogP contribution in [0.15, 0.2) is 54.6 Å². The smallest absolute Gasteiger partial charge is 0.119 e. The minimum atomic E-state index is 0.0917. The van der Waals surface area contributed by atoms with Crippen LogP contribution in [0.1, 0.15) is 31.0 Å². The Balaban J connectivity index is 1.89. The molecule has 2 aromatic carbocycles. The fourth-order valence-electron chi connectivity index (χ4n) is 2.17. The Morgan fingerprint density at radius 3 is 2.29 bits per heavy atom. The lowest BCUT2D eigenvalue weighted by Crippen LogP contribution is -2.31. The van der Waals surface area contributed by atoms with Crippen LogP contribution >= 0.6 is 0 Å². The van der Waals surface area contributed by atoms with E-state index in [1.807, 2.05) is 37.3 Å². The molecule has 2 N–H and O–H groups in total. The molecule has 0 aromatic heterocycles. The molecule has 0 saturated heterocycles. The molecule has 0 heterocycles. The summed E-state index contributed by atoms with van der Waals surface area (Å²) in [7, 11) is 0. The number of aliphatic hydroxyl groups is 1. The van der Waals surface area contributed by atoms with Crippen LogP contribution in [-0.2, 0) is 6.61 Å². The van der Waals surface area contributed by atoms with Crippen LogP contribution in [0, 0.1) is 0 Å². The van der Waals surface area contributed by atoms with Crippen LogP contribution in [0.2, 0.25) is 0 Å². The predicted octanol–water partition coefficient (Wildman–Crippen LogP) is 3.30. The van der Waals surface area contributed by atoms with E-state index in [9.17, 15) is 0 Å². The van der Waals surface area contributed by atoms with Crippen molar-refractivity contribution in [2.24, 2.45) is 0 Å². The van der Waals surface area contributed by atoms with Crippen LogP contribution in [-0.4, -0.2) is 17.8 Å². The molecule has 0 radical (unpaired) electrons. The van der Waals surface area contributed by atoms with Crippen molar-refractivity contribution in [1.82, 2.24) is 5.32 Å². The molecule has 0 saturated carbocycles. The van der Waals surface area contributed by atoms with Crippen LogP contribution in [0.4, 0.5) is 0 Å². The van der Waals surface area contributed by atoms with E-state index in [4.69, 9.17) is 9.84 Å². The van der Waals surface area contributed by atoms with E-state index < -0.39 is 0 Å². The maximum atomic E-state index is 9.07. The second kappa shape index (κ2) is 7.81. The lowest BCUT2D eigenvalue weighted by Gasteiger charge is -2.19. The van der Waals surface area contributed by atoms with E-state index in [0.717, 1.165) is 11.3 Å². The fraction of sp³-hybridized carbons (Fsp3) is 0.333. The molecule has 0 fully saturated rings. The van der Waals surface area contributed by atoms with Crippen LogP contribution in [0.25, 0.3) is 0 Å². The van der Waals surface area contributed by atoms with Gasteiger partial charge in [0.15, 0.2) is 0 Å². The topological polar surface area (TPSA) is 41.5 Å². The van der Waals surface area contributed by atoms with Gasteiger partial charge in [-0.05, 0) is 37.1 Å². The Morgan fingerprint density at radius 1 is 1.00 bits per heavy atom. The first kappa shape index (κ1) is 15.5. The molecule has 0 bridgehead atoms. The average molecular weight is 285 g/mol. The number of nitrogens with one attached hydrogen (secondary N) is 1. The molecule has 2 rings (SSSR count). The first-order valence-electron chi connectivity index (χ1n) is 7.32. The molecule has 2 aromatic rings. The molecule has 2 unspecified atom stereocenters. The summed E-state index contributed by atoms with van der Waals surface area (Å²) >= 11 is 0. The normalized spacial score (nSPS) is 13.7. The van der Waals surface area contributed by atoms with E-state index in [1.165, 1.54) is 5.56 Å². The molecule has 3 nitrogen and oxygen atoms in total. The van der Waals surface area contributed by atoms with Gasteiger partial charge in [-0.2, -0.15) is 0 Å². The number of benzene rings is 2. The summed E-state index contributed by atoms with van der Waals surface area (Å²) in [5.41, 5.74) is 2.34. The largest absolute Gasteiger partial charge is 0.489 e. The quantitative estimate of drug-likeness (QED) is 0.820. The van der Waals surface area contributed by atoms with E-state index in [-0.39, 0.29) is 18.7 Å². The fourth-order valence-corrected chi connectivity index (χ4v) is 2.17.